The highest BCUT2D eigenvalue weighted by atomic mass is 28.1. The van der Waals surface area contributed by atoms with E-state index in [1.165, 1.54) is 6.07 Å². The van der Waals surface area contributed by atoms with Crippen molar-refractivity contribution >= 4 is 10.2 Å². The molecule has 0 aromatic heterocycles. The van der Waals surface area contributed by atoms with Gasteiger partial charge >= 0.3 is 0 Å². The minimum atomic E-state index is -0.722. The summed E-state index contributed by atoms with van der Waals surface area (Å²) in [7, 11) is 0.881. The highest BCUT2D eigenvalue weighted by Gasteiger charge is 2.13. The first-order chi connectivity index (χ1) is 6.66. The first kappa shape index (κ1) is 11.4. The fraction of sp³-hybridized carbons (Fsp3) is 0.455. The molecule has 1 rings (SSSR count). The van der Waals surface area contributed by atoms with Gasteiger partial charge in [-0.25, -0.2) is 8.78 Å². The van der Waals surface area contributed by atoms with Crippen LogP contribution in [-0.2, 0) is 0 Å². The van der Waals surface area contributed by atoms with Crippen LogP contribution < -0.4 is 0 Å². The van der Waals surface area contributed by atoms with Crippen molar-refractivity contribution < 1.29 is 8.78 Å². The molecule has 3 heteroatoms. The van der Waals surface area contributed by atoms with Crippen molar-refractivity contribution in [1.29, 1.82) is 0 Å². The maximum atomic E-state index is 13.3. The van der Waals surface area contributed by atoms with Gasteiger partial charge in [-0.15, -0.1) is 0 Å². The monoisotopic (exact) mass is 214 g/mol. The Kier molecular flexibility index (Phi) is 4.26. The lowest BCUT2D eigenvalue weighted by Crippen LogP contribution is -2.03. The van der Waals surface area contributed by atoms with Crippen LogP contribution in [0.15, 0.2) is 18.2 Å². The second-order valence-corrected chi connectivity index (χ2v) is 5.08. The van der Waals surface area contributed by atoms with E-state index < -0.39 is 11.6 Å². The zero-order valence-electron chi connectivity index (χ0n) is 8.69. The van der Waals surface area contributed by atoms with E-state index in [4.69, 9.17) is 0 Å². The third-order valence-corrected chi connectivity index (χ3v) is 3.70. The van der Waals surface area contributed by atoms with Crippen molar-refractivity contribution in [3.05, 3.63) is 35.4 Å². The summed E-state index contributed by atoms with van der Waals surface area (Å²) in [5, 5.41) is 0. The molecule has 0 aliphatic rings. The van der Waals surface area contributed by atoms with Crippen LogP contribution in [0, 0.1) is 11.6 Å². The first-order valence-electron chi connectivity index (χ1n) is 5.10. The Morgan fingerprint density at radius 3 is 2.71 bits per heavy atom. The summed E-state index contributed by atoms with van der Waals surface area (Å²) in [6, 6.07) is 4.46. The maximum absolute atomic E-state index is 13.3. The van der Waals surface area contributed by atoms with Gasteiger partial charge in [0.15, 0.2) is 11.6 Å². The fourth-order valence-electron chi connectivity index (χ4n) is 1.57. The summed E-state index contributed by atoms with van der Waals surface area (Å²) < 4.78 is 26.2. The predicted octanol–water partition coefficient (Wildman–Crippen LogP) is 2.56. The largest absolute Gasteiger partial charge is 0.204 e. The van der Waals surface area contributed by atoms with Gasteiger partial charge in [-0.2, -0.15) is 0 Å². The summed E-state index contributed by atoms with van der Waals surface area (Å²) >= 11 is 0. The molecule has 0 amide bonds. The molecule has 0 saturated carbocycles. The van der Waals surface area contributed by atoms with E-state index in [-0.39, 0.29) is 5.54 Å². The molecule has 1 atom stereocenters. The molecule has 0 spiro atoms. The molecule has 0 saturated heterocycles. The number of unbranched alkanes of at least 4 members (excludes halogenated alkanes) is 1. The van der Waals surface area contributed by atoms with Crippen LogP contribution in [0.1, 0.15) is 37.3 Å². The zero-order chi connectivity index (χ0) is 10.6. The molecule has 78 valence electrons. The molecule has 0 heterocycles. The smallest absolute Gasteiger partial charge is 0.161 e. The molecule has 14 heavy (non-hydrogen) atoms. The average molecular weight is 214 g/mol. The maximum Gasteiger partial charge on any atom is 0.161 e. The molecule has 0 bridgehead atoms. The Bertz CT molecular complexity index is 299. The Balaban J connectivity index is 2.79. The third-order valence-electron chi connectivity index (χ3n) is 2.50. The Hall–Kier alpha value is -0.703. The highest BCUT2D eigenvalue weighted by Crippen LogP contribution is 2.22. The van der Waals surface area contributed by atoms with E-state index in [9.17, 15) is 8.78 Å². The van der Waals surface area contributed by atoms with Gasteiger partial charge in [0.1, 0.15) is 0 Å². The molecule has 0 radical (unpaired) electrons. The molecule has 0 nitrogen and oxygen atoms in total. The van der Waals surface area contributed by atoms with Gasteiger partial charge in [-0.1, -0.05) is 31.9 Å². The van der Waals surface area contributed by atoms with Crippen molar-refractivity contribution in [3.63, 3.8) is 0 Å². The molecule has 1 aromatic rings. The van der Waals surface area contributed by atoms with E-state index in [0.29, 0.717) is 5.56 Å². The molecule has 0 aliphatic carbocycles. The first-order valence-corrected chi connectivity index (χ1v) is 6.26. The molecule has 1 unspecified atom stereocenters. The van der Waals surface area contributed by atoms with Gasteiger partial charge in [0.05, 0.1) is 0 Å². The Labute approximate surface area is 86.8 Å². The van der Waals surface area contributed by atoms with Crippen LogP contribution in [0.4, 0.5) is 8.78 Å². The van der Waals surface area contributed by atoms with Crippen LogP contribution in [0.2, 0.25) is 0 Å². The van der Waals surface area contributed by atoms with E-state index in [2.05, 4.69) is 6.92 Å². The van der Waals surface area contributed by atoms with E-state index in [0.717, 1.165) is 29.5 Å². The number of halogens is 2. The Morgan fingerprint density at radius 2 is 2.07 bits per heavy atom. The summed E-state index contributed by atoms with van der Waals surface area (Å²) in [6.07, 6.45) is 3.17. The summed E-state index contributed by atoms with van der Waals surface area (Å²) in [5.74, 6) is -1.37. The number of hydrogen-bond donors (Lipinski definition) is 0. The summed E-state index contributed by atoms with van der Waals surface area (Å²) in [5.41, 5.74) is 0.802. The van der Waals surface area contributed by atoms with E-state index >= 15 is 0 Å². The minimum absolute atomic E-state index is 0.241. The quantitative estimate of drug-likeness (QED) is 0.676. The van der Waals surface area contributed by atoms with Crippen molar-refractivity contribution in [2.75, 3.05) is 0 Å². The standard InChI is InChI=1S/C11H16F2Si/c1-2-3-7-10(14)8-5-4-6-9(12)11(8)13/h4-6,10H,2-3,7H2,1,14H3. The molecule has 0 N–H and O–H groups in total. The molecular weight excluding hydrogens is 198 g/mol. The van der Waals surface area contributed by atoms with Crippen molar-refractivity contribution in [1.82, 2.24) is 0 Å². The lowest BCUT2D eigenvalue weighted by molar-refractivity contribution is 0.494. The zero-order valence-corrected chi connectivity index (χ0v) is 10.7. The normalized spacial score (nSPS) is 13.1. The lowest BCUT2D eigenvalue weighted by Gasteiger charge is -2.12. The average Bonchev–Trinajstić information content (AvgIpc) is 2.18. The van der Waals surface area contributed by atoms with Crippen LogP contribution >= 0.6 is 0 Å². The number of benzene rings is 1. The molecule has 0 aliphatic heterocycles. The SMILES string of the molecule is CCCCC([SiH3])c1cccc(F)c1F. The van der Waals surface area contributed by atoms with Gasteiger partial charge in [0.2, 0.25) is 0 Å². The molecular formula is C11H16F2Si. The van der Waals surface area contributed by atoms with Crippen molar-refractivity contribution in [3.8, 4) is 0 Å². The van der Waals surface area contributed by atoms with Crippen LogP contribution in [0.25, 0.3) is 0 Å². The highest BCUT2D eigenvalue weighted by molar-refractivity contribution is 6.12. The third kappa shape index (κ3) is 2.64. The van der Waals surface area contributed by atoms with Gasteiger partial charge in [-0.05, 0) is 23.6 Å². The molecule has 0 fully saturated rings. The lowest BCUT2D eigenvalue weighted by atomic mass is 10.1. The van der Waals surface area contributed by atoms with Crippen molar-refractivity contribution in [2.45, 2.75) is 31.7 Å². The predicted molar refractivity (Wildman–Crippen MR) is 58.6 cm³/mol. The number of hydrogen-bond acceptors (Lipinski definition) is 0. The van der Waals surface area contributed by atoms with E-state index in [1.54, 1.807) is 12.1 Å². The van der Waals surface area contributed by atoms with E-state index in [1.807, 2.05) is 0 Å². The van der Waals surface area contributed by atoms with Crippen LogP contribution in [-0.4, -0.2) is 10.2 Å². The van der Waals surface area contributed by atoms with Gasteiger partial charge in [-0.3, -0.25) is 0 Å². The summed E-state index contributed by atoms with van der Waals surface area (Å²) in [4.78, 5) is 0. The molecule has 1 aromatic carbocycles. The Morgan fingerprint density at radius 1 is 1.36 bits per heavy atom. The number of rotatable bonds is 4. The topological polar surface area (TPSA) is 0 Å². The second kappa shape index (κ2) is 5.25. The van der Waals surface area contributed by atoms with Gasteiger partial charge in [0.25, 0.3) is 0 Å². The minimum Gasteiger partial charge on any atom is -0.204 e. The van der Waals surface area contributed by atoms with Crippen LogP contribution in [0.5, 0.6) is 0 Å². The van der Waals surface area contributed by atoms with Gasteiger partial charge < -0.3 is 0 Å². The fourth-order valence-corrected chi connectivity index (χ4v) is 2.42. The second-order valence-electron chi connectivity index (χ2n) is 3.69. The van der Waals surface area contributed by atoms with Crippen molar-refractivity contribution in [2.24, 2.45) is 0 Å². The summed E-state index contributed by atoms with van der Waals surface area (Å²) in [6.45, 7) is 2.11. The van der Waals surface area contributed by atoms with Crippen LogP contribution in [0.3, 0.4) is 0 Å². The van der Waals surface area contributed by atoms with Gasteiger partial charge in [0, 0.05) is 10.2 Å².